The molecule has 2 aromatic rings. The van der Waals surface area contributed by atoms with E-state index in [4.69, 9.17) is 10.5 Å². The van der Waals surface area contributed by atoms with Crippen LogP contribution in [0.25, 0.3) is 0 Å². The van der Waals surface area contributed by atoms with Crippen LogP contribution in [0.5, 0.6) is 0 Å². The first kappa shape index (κ1) is 72.1. The third kappa shape index (κ3) is 22.4. The molecule has 10 atom stereocenters. The SMILES string of the molecule is CC(C)C[C@@H]1NC(=O)[C@H](CCCN)NC(=O)[C@H](C(C)C)NC(=O)[C@@H]2CCCN2C(=O)[C@@H](Cc2ccccc2)NC(=O)[C@H](CC(C)C)NC(=O)[C@H](CCCNC(=O)OC(C)(C)C)NC(=O)[C@H](C(C)C)NC(=O)[C@@H]2CCCN2C(=O)[C@@H](Cc2ccccc2)NC1=O. The van der Waals surface area contributed by atoms with E-state index >= 15 is 9.59 Å². The normalized spacial score (nSPS) is 25.5. The minimum absolute atomic E-state index is 0.00456. The Hall–Kier alpha value is -7.63. The van der Waals surface area contributed by atoms with E-state index in [0.717, 1.165) is 0 Å². The Kier molecular flexibility index (Phi) is 27.9. The summed E-state index contributed by atoms with van der Waals surface area (Å²) in [5, 5.41) is 25.5. The van der Waals surface area contributed by atoms with E-state index in [0.29, 0.717) is 30.4 Å². The highest BCUT2D eigenvalue weighted by Crippen LogP contribution is 2.24. The summed E-state index contributed by atoms with van der Waals surface area (Å²) in [6.07, 6.45) is 1.19. The molecular weight excluding hydrogens is 1140 g/mol. The van der Waals surface area contributed by atoms with Crippen molar-refractivity contribution in [2.24, 2.45) is 29.4 Å². The van der Waals surface area contributed by atoms with Gasteiger partial charge in [-0.1, -0.05) is 116 Å². The number of rotatable bonds is 17. The highest BCUT2D eigenvalue weighted by atomic mass is 16.6. The number of hydrogen-bond donors (Lipinski definition) is 10. The van der Waals surface area contributed by atoms with Gasteiger partial charge in [0.15, 0.2) is 0 Å². The van der Waals surface area contributed by atoms with Crippen LogP contribution in [0.3, 0.4) is 0 Å². The number of hydrogen-bond acceptors (Lipinski definition) is 13. The molecule has 11 N–H and O–H groups in total. The molecule has 3 heterocycles. The molecule has 0 unspecified atom stereocenters. The van der Waals surface area contributed by atoms with E-state index in [2.05, 4.69) is 47.9 Å². The summed E-state index contributed by atoms with van der Waals surface area (Å²) in [7, 11) is 0. The fourth-order valence-corrected chi connectivity index (χ4v) is 11.4. The molecule has 89 heavy (non-hydrogen) atoms. The molecule has 0 saturated carbocycles. The van der Waals surface area contributed by atoms with E-state index in [1.807, 2.05) is 27.7 Å². The summed E-state index contributed by atoms with van der Waals surface area (Å²) in [5.41, 5.74) is 6.52. The van der Waals surface area contributed by atoms with Crippen molar-refractivity contribution >= 4 is 65.2 Å². The molecule has 3 aliphatic rings. The Balaban J connectivity index is 1.60. The second-order valence-corrected chi connectivity index (χ2v) is 26.3. The number of carbonyl (C=O) groups excluding carboxylic acids is 11. The summed E-state index contributed by atoms with van der Waals surface area (Å²) >= 11 is 0. The largest absolute Gasteiger partial charge is 0.444 e. The fourth-order valence-electron chi connectivity index (χ4n) is 11.4. The van der Waals surface area contributed by atoms with Crippen LogP contribution in [0.2, 0.25) is 0 Å². The van der Waals surface area contributed by atoms with Crippen molar-refractivity contribution in [2.75, 3.05) is 26.2 Å². The maximum Gasteiger partial charge on any atom is 0.407 e. The van der Waals surface area contributed by atoms with Gasteiger partial charge < -0.3 is 68.1 Å². The molecule has 0 radical (unpaired) electrons. The van der Waals surface area contributed by atoms with Gasteiger partial charge in [0.2, 0.25) is 59.1 Å². The Bertz CT molecular complexity index is 2740. The quantitative estimate of drug-likeness (QED) is 0.102. The van der Waals surface area contributed by atoms with E-state index in [1.165, 1.54) is 9.80 Å². The Labute approximate surface area is 525 Å². The molecule has 24 nitrogen and oxygen atoms in total. The Morgan fingerprint density at radius 2 is 0.865 bits per heavy atom. The molecule has 3 fully saturated rings. The maximum atomic E-state index is 15.0. The molecule has 24 heteroatoms. The van der Waals surface area contributed by atoms with E-state index in [-0.39, 0.29) is 95.8 Å². The van der Waals surface area contributed by atoms with E-state index < -0.39 is 143 Å². The van der Waals surface area contributed by atoms with Crippen molar-refractivity contribution < 1.29 is 57.5 Å². The lowest BCUT2D eigenvalue weighted by atomic mass is 9.98. The second kappa shape index (κ2) is 34.4. The Morgan fingerprint density at radius 1 is 0.506 bits per heavy atom. The predicted octanol–water partition coefficient (Wildman–Crippen LogP) is 2.79. The Morgan fingerprint density at radius 3 is 1.22 bits per heavy atom. The predicted molar refractivity (Wildman–Crippen MR) is 336 cm³/mol. The lowest BCUT2D eigenvalue weighted by Gasteiger charge is -2.33. The number of nitrogens with one attached hydrogen (secondary N) is 9. The summed E-state index contributed by atoms with van der Waals surface area (Å²) < 4.78 is 5.40. The topological polar surface area (TPSA) is 338 Å². The third-order valence-corrected chi connectivity index (χ3v) is 15.9. The molecule has 3 saturated heterocycles. The van der Waals surface area contributed by atoms with Gasteiger partial charge in [-0.25, -0.2) is 4.79 Å². The smallest absolute Gasteiger partial charge is 0.407 e. The summed E-state index contributed by atoms with van der Waals surface area (Å²) in [4.78, 5) is 163. The van der Waals surface area contributed by atoms with Gasteiger partial charge in [0, 0.05) is 32.5 Å². The van der Waals surface area contributed by atoms with Crippen LogP contribution in [0.1, 0.15) is 151 Å². The van der Waals surface area contributed by atoms with Gasteiger partial charge in [-0.05, 0) is 126 Å². The number of alkyl carbamates (subject to hydrolysis) is 1. The number of nitrogens with zero attached hydrogens (tertiary/aromatic N) is 2. The van der Waals surface area contributed by atoms with Crippen LogP contribution in [0.15, 0.2) is 60.7 Å². The first-order valence-corrected chi connectivity index (χ1v) is 31.9. The first-order valence-electron chi connectivity index (χ1n) is 31.9. The van der Waals surface area contributed by atoms with Crippen molar-refractivity contribution in [1.82, 2.24) is 57.7 Å². The zero-order chi connectivity index (χ0) is 65.7. The highest BCUT2D eigenvalue weighted by molar-refractivity contribution is 6.00. The van der Waals surface area contributed by atoms with Crippen molar-refractivity contribution in [2.45, 2.75) is 219 Å². The summed E-state index contributed by atoms with van der Waals surface area (Å²) in [6.45, 7) is 19.9. The van der Waals surface area contributed by atoms with Gasteiger partial charge in [-0.2, -0.15) is 0 Å². The molecule has 2 aromatic carbocycles. The minimum Gasteiger partial charge on any atom is -0.444 e. The monoisotopic (exact) mass is 1240 g/mol. The summed E-state index contributed by atoms with van der Waals surface area (Å²) in [6, 6.07) is 5.70. The third-order valence-electron chi connectivity index (χ3n) is 15.9. The maximum absolute atomic E-state index is 15.0. The number of fused-ring (bicyclic) bond motifs is 2. The zero-order valence-corrected chi connectivity index (χ0v) is 54.0. The molecule has 0 aromatic heterocycles. The molecular formula is C65H100N12O12. The molecule has 3 aliphatic heterocycles. The van der Waals surface area contributed by atoms with Crippen LogP contribution in [0, 0.1) is 23.7 Å². The van der Waals surface area contributed by atoms with Crippen molar-refractivity contribution in [3.05, 3.63) is 71.8 Å². The molecule has 492 valence electrons. The number of amides is 11. The standard InChI is InChI=1S/C65H100N12O12/c1-38(2)34-46-56(80)72-48(36-42-22-14-12-15-23-42)62(86)77-33-21-29-51(77)59(83)75-53(41(7)8)61(85)69-45(27-19-31-67-64(88)89-65(9,10)11)55(79)71-47(35-39(3)4)57(81)73-49(37-43-24-16-13-17-25-43)63(87)76-32-20-28-50(76)58(82)74-52(40(5)6)60(84)68-44(26-18-30-66)54(78)70-46/h12-17,22-25,38-41,44-53H,18-21,26-37,66H2,1-11H3,(H,67,88)(H,68,84)(H,69,85)(H,70,78)(H,71,79)(H,72,80)(H,73,81)(H,74,82)(H,75,83)/t44-,45-,46-,47-,48+,49+,50-,51-,52-,53-/m0/s1. The van der Waals surface area contributed by atoms with Gasteiger partial charge in [0.05, 0.1) is 0 Å². The lowest BCUT2D eigenvalue weighted by molar-refractivity contribution is -0.143. The highest BCUT2D eigenvalue weighted by Gasteiger charge is 2.43. The van der Waals surface area contributed by atoms with Crippen LogP contribution in [-0.2, 0) is 65.5 Å². The van der Waals surface area contributed by atoms with Gasteiger partial charge in [-0.3, -0.25) is 47.9 Å². The first-order chi connectivity index (χ1) is 42.1. The number of ether oxygens (including phenoxy) is 1. The van der Waals surface area contributed by atoms with Crippen LogP contribution >= 0.6 is 0 Å². The molecule has 0 spiro atoms. The second-order valence-electron chi connectivity index (χ2n) is 26.3. The van der Waals surface area contributed by atoms with Crippen molar-refractivity contribution in [3.63, 3.8) is 0 Å². The average Bonchev–Trinajstić information content (AvgIpc) is 3.17. The van der Waals surface area contributed by atoms with Gasteiger partial charge >= 0.3 is 6.09 Å². The number of benzene rings is 2. The van der Waals surface area contributed by atoms with Crippen LogP contribution in [0.4, 0.5) is 4.79 Å². The minimum atomic E-state index is -1.35. The number of nitrogens with two attached hydrogens (primary N) is 1. The lowest BCUT2D eigenvalue weighted by Crippen LogP contribution is -2.62. The number of carbonyl (C=O) groups is 11. The van der Waals surface area contributed by atoms with Gasteiger partial charge in [-0.15, -0.1) is 0 Å². The van der Waals surface area contributed by atoms with Crippen LogP contribution < -0.4 is 53.6 Å². The summed E-state index contributed by atoms with van der Waals surface area (Å²) in [5.74, 6) is -8.24. The molecule has 11 amide bonds. The average molecular weight is 1240 g/mol. The van der Waals surface area contributed by atoms with Crippen molar-refractivity contribution in [3.8, 4) is 0 Å². The van der Waals surface area contributed by atoms with E-state index in [9.17, 15) is 43.2 Å². The molecule has 0 bridgehead atoms. The van der Waals surface area contributed by atoms with Gasteiger partial charge in [0.25, 0.3) is 0 Å². The molecule has 5 rings (SSSR count). The zero-order valence-electron chi connectivity index (χ0n) is 54.0. The van der Waals surface area contributed by atoms with Gasteiger partial charge in [0.1, 0.15) is 66.0 Å². The fraction of sp³-hybridized carbons (Fsp3) is 0.646. The molecule has 0 aliphatic carbocycles. The van der Waals surface area contributed by atoms with Crippen LogP contribution in [-0.4, -0.2) is 167 Å². The van der Waals surface area contributed by atoms with E-state index in [1.54, 1.807) is 109 Å². The van der Waals surface area contributed by atoms with Crippen molar-refractivity contribution in [1.29, 1.82) is 0 Å².